The minimum Gasteiger partial charge on any atom is -0.394 e. The molecular formula is C14H18ClN3O3S. The number of carbonyl (C=O) groups excluding carboxylic acids is 1. The highest BCUT2D eigenvalue weighted by Gasteiger charge is 2.13. The molecule has 0 aliphatic heterocycles. The van der Waals surface area contributed by atoms with E-state index in [2.05, 4.69) is 15.6 Å². The Labute approximate surface area is 137 Å². The van der Waals surface area contributed by atoms with Gasteiger partial charge in [-0.15, -0.1) is 11.3 Å². The number of amides is 2. The summed E-state index contributed by atoms with van der Waals surface area (Å²) in [6.07, 6.45) is 0.529. The van der Waals surface area contributed by atoms with Gasteiger partial charge in [-0.25, -0.2) is 9.78 Å². The average molecular weight is 344 g/mol. The largest absolute Gasteiger partial charge is 0.394 e. The molecule has 0 saturated heterocycles. The molecule has 0 unspecified atom stereocenters. The van der Waals surface area contributed by atoms with E-state index < -0.39 is 6.03 Å². The number of thiazole rings is 1. The number of ether oxygens (including phenoxy) is 1. The Bertz CT molecular complexity index is 662. The molecule has 2 aromatic rings. The summed E-state index contributed by atoms with van der Waals surface area (Å²) in [5, 5.41) is 16.0. The number of aromatic nitrogens is 1. The lowest BCUT2D eigenvalue weighted by molar-refractivity contribution is 0.161. The fourth-order valence-corrected chi connectivity index (χ4v) is 3.03. The molecule has 0 spiro atoms. The number of urea groups is 1. The van der Waals surface area contributed by atoms with Crippen LogP contribution in [0.4, 0.5) is 10.5 Å². The van der Waals surface area contributed by atoms with E-state index in [0.717, 1.165) is 15.2 Å². The first kappa shape index (κ1) is 17.0. The van der Waals surface area contributed by atoms with Crippen LogP contribution in [0.3, 0.4) is 0 Å². The third kappa shape index (κ3) is 4.30. The van der Waals surface area contributed by atoms with Crippen molar-refractivity contribution in [3.63, 3.8) is 0 Å². The van der Waals surface area contributed by atoms with Crippen molar-refractivity contribution < 1.29 is 14.6 Å². The number of carbonyl (C=O) groups is 1. The van der Waals surface area contributed by atoms with Gasteiger partial charge in [-0.3, -0.25) is 0 Å². The van der Waals surface area contributed by atoms with E-state index in [0.29, 0.717) is 23.7 Å². The lowest BCUT2D eigenvalue weighted by atomic mass is 10.2. The zero-order valence-corrected chi connectivity index (χ0v) is 13.9. The molecule has 0 fully saturated rings. The summed E-state index contributed by atoms with van der Waals surface area (Å²) in [4.78, 5) is 16.3. The second kappa shape index (κ2) is 7.73. The first-order chi connectivity index (χ1) is 10.5. The Kier molecular flexibility index (Phi) is 5.96. The number of benzene rings is 1. The first-order valence-electron chi connectivity index (χ1n) is 6.77. The molecule has 2 amide bonds. The SMILES string of the molecule is COCC[C@H](CO)NC(=O)Nc1cc2sc(C)nc2cc1Cl. The molecule has 2 rings (SSSR count). The van der Waals surface area contributed by atoms with Gasteiger partial charge in [0.2, 0.25) is 0 Å². The molecule has 3 N–H and O–H groups in total. The van der Waals surface area contributed by atoms with Crippen molar-refractivity contribution in [1.82, 2.24) is 10.3 Å². The topological polar surface area (TPSA) is 83.5 Å². The van der Waals surface area contributed by atoms with E-state index >= 15 is 0 Å². The molecule has 0 aliphatic carbocycles. The number of rotatable bonds is 6. The van der Waals surface area contributed by atoms with Crippen molar-refractivity contribution in [3.05, 3.63) is 22.2 Å². The van der Waals surface area contributed by atoms with Gasteiger partial charge in [0.05, 0.1) is 38.6 Å². The van der Waals surface area contributed by atoms with Gasteiger partial charge < -0.3 is 20.5 Å². The predicted octanol–water partition coefficient (Wildman–Crippen LogP) is 2.78. The summed E-state index contributed by atoms with van der Waals surface area (Å²) >= 11 is 7.70. The Hall–Kier alpha value is -1.41. The number of hydrogen-bond donors (Lipinski definition) is 3. The van der Waals surface area contributed by atoms with Crippen molar-refractivity contribution in [3.8, 4) is 0 Å². The van der Waals surface area contributed by atoms with E-state index in [9.17, 15) is 9.90 Å². The Morgan fingerprint density at radius 2 is 2.32 bits per heavy atom. The summed E-state index contributed by atoms with van der Waals surface area (Å²) in [7, 11) is 1.57. The fourth-order valence-electron chi connectivity index (χ4n) is 1.97. The zero-order chi connectivity index (χ0) is 16.1. The molecule has 0 saturated carbocycles. The van der Waals surface area contributed by atoms with Crippen molar-refractivity contribution in [1.29, 1.82) is 0 Å². The van der Waals surface area contributed by atoms with E-state index in [-0.39, 0.29) is 12.6 Å². The number of anilines is 1. The van der Waals surface area contributed by atoms with Crippen LogP contribution in [0.5, 0.6) is 0 Å². The number of hydrogen-bond acceptors (Lipinski definition) is 5. The summed E-state index contributed by atoms with van der Waals surface area (Å²) < 4.78 is 5.89. The van der Waals surface area contributed by atoms with E-state index in [1.807, 2.05) is 6.92 Å². The molecule has 1 aromatic carbocycles. The van der Waals surface area contributed by atoms with Crippen LogP contribution < -0.4 is 10.6 Å². The Balaban J connectivity index is 2.05. The molecule has 22 heavy (non-hydrogen) atoms. The van der Waals surface area contributed by atoms with Gasteiger partial charge in [0.1, 0.15) is 0 Å². The van der Waals surface area contributed by atoms with Gasteiger partial charge in [0.15, 0.2) is 0 Å². The highest BCUT2D eigenvalue weighted by Crippen LogP contribution is 2.31. The van der Waals surface area contributed by atoms with E-state index in [1.54, 1.807) is 19.2 Å². The molecule has 120 valence electrons. The lowest BCUT2D eigenvalue weighted by Gasteiger charge is -2.16. The molecule has 8 heteroatoms. The maximum Gasteiger partial charge on any atom is 0.319 e. The van der Waals surface area contributed by atoms with Gasteiger partial charge in [-0.05, 0) is 25.5 Å². The summed E-state index contributed by atoms with van der Waals surface area (Å²) in [5.74, 6) is 0. The number of halogens is 1. The maximum absolute atomic E-state index is 12.0. The zero-order valence-electron chi connectivity index (χ0n) is 12.4. The van der Waals surface area contributed by atoms with Gasteiger partial charge in [-0.1, -0.05) is 11.6 Å². The smallest absolute Gasteiger partial charge is 0.319 e. The molecule has 1 atom stereocenters. The number of methoxy groups -OCH3 is 1. The lowest BCUT2D eigenvalue weighted by Crippen LogP contribution is -2.40. The van der Waals surface area contributed by atoms with E-state index in [4.69, 9.17) is 16.3 Å². The maximum atomic E-state index is 12.0. The minimum atomic E-state index is -0.419. The summed E-state index contributed by atoms with van der Waals surface area (Å²) in [5.41, 5.74) is 1.32. The van der Waals surface area contributed by atoms with Gasteiger partial charge in [-0.2, -0.15) is 0 Å². The minimum absolute atomic E-state index is 0.155. The van der Waals surface area contributed by atoms with Crippen LogP contribution in [0.25, 0.3) is 10.2 Å². The second-order valence-corrected chi connectivity index (χ2v) is 6.43. The fraction of sp³-hybridized carbons (Fsp3) is 0.429. The van der Waals surface area contributed by atoms with Crippen LogP contribution in [-0.4, -0.2) is 42.5 Å². The second-order valence-electron chi connectivity index (χ2n) is 4.79. The summed E-state index contributed by atoms with van der Waals surface area (Å²) in [6.45, 7) is 2.22. The van der Waals surface area contributed by atoms with Gasteiger partial charge in [0.25, 0.3) is 0 Å². The molecule has 0 bridgehead atoms. The predicted molar refractivity (Wildman–Crippen MR) is 88.9 cm³/mol. The van der Waals surface area contributed by atoms with Crippen LogP contribution in [0.2, 0.25) is 5.02 Å². The van der Waals surface area contributed by atoms with Crippen LogP contribution in [0, 0.1) is 6.92 Å². The number of nitrogens with zero attached hydrogens (tertiary/aromatic N) is 1. The monoisotopic (exact) mass is 343 g/mol. The highest BCUT2D eigenvalue weighted by atomic mass is 35.5. The third-order valence-electron chi connectivity index (χ3n) is 3.06. The molecule has 1 heterocycles. The Morgan fingerprint density at radius 1 is 1.55 bits per heavy atom. The molecule has 6 nitrogen and oxygen atoms in total. The Morgan fingerprint density at radius 3 is 3.00 bits per heavy atom. The molecule has 0 radical (unpaired) electrons. The molecule has 1 aromatic heterocycles. The van der Waals surface area contributed by atoms with Crippen molar-refractivity contribution >= 4 is 44.9 Å². The van der Waals surface area contributed by atoms with Crippen molar-refractivity contribution in [2.75, 3.05) is 25.6 Å². The van der Waals surface area contributed by atoms with Crippen LogP contribution in [-0.2, 0) is 4.74 Å². The first-order valence-corrected chi connectivity index (χ1v) is 7.97. The number of aliphatic hydroxyl groups is 1. The van der Waals surface area contributed by atoms with Crippen molar-refractivity contribution in [2.45, 2.75) is 19.4 Å². The normalized spacial score (nSPS) is 12.4. The van der Waals surface area contributed by atoms with Gasteiger partial charge in [0, 0.05) is 13.7 Å². The number of aryl methyl sites for hydroxylation is 1. The van der Waals surface area contributed by atoms with Crippen molar-refractivity contribution in [2.24, 2.45) is 0 Å². The van der Waals surface area contributed by atoms with Gasteiger partial charge >= 0.3 is 6.03 Å². The van der Waals surface area contributed by atoms with Crippen LogP contribution in [0.15, 0.2) is 12.1 Å². The number of fused-ring (bicyclic) bond motifs is 1. The molecule has 0 aliphatic rings. The standard InChI is InChI=1S/C14H18ClN3O3S/c1-8-16-12-5-10(15)11(6-13(12)22-8)18-14(20)17-9(7-19)3-4-21-2/h5-6,9,19H,3-4,7H2,1-2H3,(H2,17,18,20)/t9-/m1/s1. The summed E-state index contributed by atoms with van der Waals surface area (Å²) in [6, 6.07) is 2.74. The highest BCUT2D eigenvalue weighted by molar-refractivity contribution is 7.18. The van der Waals surface area contributed by atoms with Crippen LogP contribution >= 0.6 is 22.9 Å². The van der Waals surface area contributed by atoms with E-state index in [1.165, 1.54) is 11.3 Å². The average Bonchev–Trinajstić information content (AvgIpc) is 2.82. The number of nitrogens with one attached hydrogen (secondary N) is 2. The number of aliphatic hydroxyl groups excluding tert-OH is 1. The quantitative estimate of drug-likeness (QED) is 0.753. The van der Waals surface area contributed by atoms with Crippen LogP contribution in [0.1, 0.15) is 11.4 Å². The third-order valence-corrected chi connectivity index (χ3v) is 4.30. The molecular weight excluding hydrogens is 326 g/mol.